The monoisotopic (exact) mass is 350 g/mol. The number of nitrogens with one attached hydrogen (secondary N) is 1. The van der Waals surface area contributed by atoms with Crippen LogP contribution in [0.3, 0.4) is 0 Å². The lowest BCUT2D eigenvalue weighted by atomic mass is 10.1. The highest BCUT2D eigenvalue weighted by atomic mass is 79.9. The number of H-pyrrole nitrogens is 1. The summed E-state index contributed by atoms with van der Waals surface area (Å²) in [6.45, 7) is 0. The van der Waals surface area contributed by atoms with Crippen LogP contribution in [0.25, 0.3) is 22.4 Å². The number of nitro groups is 1. The second kappa shape index (κ2) is 4.81. The van der Waals surface area contributed by atoms with E-state index in [1.54, 1.807) is 6.07 Å². The lowest BCUT2D eigenvalue weighted by Gasteiger charge is -2.01. The smallest absolute Gasteiger partial charge is 0.271 e. The van der Waals surface area contributed by atoms with Gasteiger partial charge in [0, 0.05) is 29.4 Å². The summed E-state index contributed by atoms with van der Waals surface area (Å²) in [4.78, 5) is 17.4. The fourth-order valence-electron chi connectivity index (χ4n) is 2.01. The van der Waals surface area contributed by atoms with E-state index in [-0.39, 0.29) is 11.4 Å². The molecule has 0 amide bonds. The molecule has 21 heavy (non-hydrogen) atoms. The van der Waals surface area contributed by atoms with Crippen LogP contribution in [0.1, 0.15) is 0 Å². The van der Waals surface area contributed by atoms with Gasteiger partial charge in [-0.2, -0.15) is 0 Å². The van der Waals surface area contributed by atoms with E-state index in [9.17, 15) is 14.5 Å². The van der Waals surface area contributed by atoms with E-state index >= 15 is 0 Å². The number of aromatic nitrogens is 2. The zero-order chi connectivity index (χ0) is 15.1. The molecule has 8 heteroatoms. The molecule has 0 bridgehead atoms. The Morgan fingerprint density at radius 2 is 2.10 bits per heavy atom. The van der Waals surface area contributed by atoms with Crippen LogP contribution in [0.15, 0.2) is 34.8 Å². The van der Waals surface area contributed by atoms with Crippen LogP contribution >= 0.6 is 15.9 Å². The van der Waals surface area contributed by atoms with Crippen molar-refractivity contribution >= 4 is 38.3 Å². The summed E-state index contributed by atoms with van der Waals surface area (Å²) < 4.78 is 13.8. The predicted octanol–water partition coefficient (Wildman–Crippen LogP) is 3.62. The average molecular weight is 351 g/mol. The lowest BCUT2D eigenvalue weighted by molar-refractivity contribution is -0.384. The van der Waals surface area contributed by atoms with Gasteiger partial charge in [0.05, 0.1) is 20.4 Å². The minimum absolute atomic E-state index is 0.0962. The maximum atomic E-state index is 13.5. The molecule has 3 rings (SSSR count). The van der Waals surface area contributed by atoms with E-state index in [4.69, 9.17) is 5.73 Å². The molecule has 6 nitrogen and oxygen atoms in total. The summed E-state index contributed by atoms with van der Waals surface area (Å²) in [7, 11) is 0. The van der Waals surface area contributed by atoms with Gasteiger partial charge in [-0.15, -0.1) is 0 Å². The van der Waals surface area contributed by atoms with E-state index in [2.05, 4.69) is 25.9 Å². The number of nitro benzene ring substituents is 1. The molecule has 3 N–H and O–H groups in total. The topological polar surface area (TPSA) is 97.8 Å². The Balaban J connectivity index is 2.14. The molecule has 106 valence electrons. The molecular formula is C13H8BrFN4O2. The van der Waals surface area contributed by atoms with Crippen molar-refractivity contribution in [3.63, 3.8) is 0 Å². The summed E-state index contributed by atoms with van der Waals surface area (Å²) in [5.41, 5.74) is 7.56. The van der Waals surface area contributed by atoms with Crippen molar-refractivity contribution in [2.24, 2.45) is 0 Å². The van der Waals surface area contributed by atoms with Gasteiger partial charge in [0.2, 0.25) is 0 Å². The van der Waals surface area contributed by atoms with Crippen LogP contribution in [0.5, 0.6) is 0 Å². The molecule has 0 saturated carbocycles. The van der Waals surface area contributed by atoms with Gasteiger partial charge in [0.15, 0.2) is 0 Å². The van der Waals surface area contributed by atoms with Crippen LogP contribution in [0, 0.1) is 15.9 Å². The zero-order valence-corrected chi connectivity index (χ0v) is 12.0. The van der Waals surface area contributed by atoms with Crippen molar-refractivity contribution in [2.45, 2.75) is 0 Å². The number of aromatic amines is 1. The maximum Gasteiger partial charge on any atom is 0.271 e. The normalized spacial score (nSPS) is 11.0. The van der Waals surface area contributed by atoms with Crippen LogP contribution in [0.2, 0.25) is 0 Å². The average Bonchev–Trinajstić information content (AvgIpc) is 2.81. The molecule has 3 aromatic rings. The number of fused-ring (bicyclic) bond motifs is 1. The molecule has 2 aromatic carbocycles. The van der Waals surface area contributed by atoms with Gasteiger partial charge in [0.25, 0.3) is 5.69 Å². The summed E-state index contributed by atoms with van der Waals surface area (Å²) in [6.07, 6.45) is 0. The van der Waals surface area contributed by atoms with E-state index < -0.39 is 10.7 Å². The van der Waals surface area contributed by atoms with Crippen LogP contribution in [-0.4, -0.2) is 14.9 Å². The Hall–Kier alpha value is -2.48. The predicted molar refractivity (Wildman–Crippen MR) is 80.3 cm³/mol. The van der Waals surface area contributed by atoms with E-state index in [1.165, 1.54) is 24.3 Å². The molecule has 0 aliphatic carbocycles. The standard InChI is InChI=1S/C13H8BrFN4O2/c14-8-4-11-12(5-9(8)15)18-13(17-11)7-2-1-6(19(20)21)3-10(7)16/h1-5H,16H2,(H,17,18). The van der Waals surface area contributed by atoms with Gasteiger partial charge >= 0.3 is 0 Å². The number of benzene rings is 2. The van der Waals surface area contributed by atoms with Crippen molar-refractivity contribution in [1.29, 1.82) is 0 Å². The number of nitrogens with two attached hydrogens (primary N) is 1. The Morgan fingerprint density at radius 1 is 1.33 bits per heavy atom. The SMILES string of the molecule is Nc1cc([N+](=O)[O-])ccc1-c1nc2cc(Br)c(F)cc2[nH]1. The summed E-state index contributed by atoms with van der Waals surface area (Å²) in [6, 6.07) is 6.98. The fourth-order valence-corrected chi connectivity index (χ4v) is 2.34. The molecule has 0 aliphatic rings. The Kier molecular flexibility index (Phi) is 3.09. The van der Waals surface area contributed by atoms with Gasteiger partial charge in [-0.3, -0.25) is 10.1 Å². The third-order valence-electron chi connectivity index (χ3n) is 3.03. The van der Waals surface area contributed by atoms with Crippen LogP contribution in [-0.2, 0) is 0 Å². The minimum Gasteiger partial charge on any atom is -0.398 e. The van der Waals surface area contributed by atoms with Crippen LogP contribution < -0.4 is 5.73 Å². The number of nitrogens with zero attached hydrogens (tertiary/aromatic N) is 2. The fraction of sp³-hybridized carbons (Fsp3) is 0. The number of imidazole rings is 1. The quantitative estimate of drug-likeness (QED) is 0.419. The van der Waals surface area contributed by atoms with Crippen molar-refractivity contribution in [3.05, 3.63) is 50.7 Å². The van der Waals surface area contributed by atoms with E-state index in [0.717, 1.165) is 0 Å². The molecule has 1 aromatic heterocycles. The molecule has 0 radical (unpaired) electrons. The number of halogens is 2. The first-order chi connectivity index (χ1) is 9.95. The highest BCUT2D eigenvalue weighted by molar-refractivity contribution is 9.10. The Bertz CT molecular complexity index is 839. The van der Waals surface area contributed by atoms with Crippen molar-refractivity contribution < 1.29 is 9.31 Å². The third-order valence-corrected chi connectivity index (χ3v) is 3.63. The molecule has 0 fully saturated rings. The van der Waals surface area contributed by atoms with Gasteiger partial charge in [-0.1, -0.05) is 0 Å². The van der Waals surface area contributed by atoms with Gasteiger partial charge in [-0.05, 0) is 28.1 Å². The van der Waals surface area contributed by atoms with E-state index in [1.807, 2.05) is 0 Å². The second-order valence-corrected chi connectivity index (χ2v) is 5.25. The largest absolute Gasteiger partial charge is 0.398 e. The highest BCUT2D eigenvalue weighted by Gasteiger charge is 2.14. The van der Waals surface area contributed by atoms with Crippen LogP contribution in [0.4, 0.5) is 15.8 Å². The van der Waals surface area contributed by atoms with Crippen molar-refractivity contribution in [3.8, 4) is 11.4 Å². The van der Waals surface area contributed by atoms with E-state index in [0.29, 0.717) is 26.9 Å². The molecule has 0 unspecified atom stereocenters. The first-order valence-corrected chi connectivity index (χ1v) is 6.64. The van der Waals surface area contributed by atoms with Crippen molar-refractivity contribution in [1.82, 2.24) is 9.97 Å². The second-order valence-electron chi connectivity index (χ2n) is 4.40. The maximum absolute atomic E-state index is 13.5. The first kappa shape index (κ1) is 13.5. The lowest BCUT2D eigenvalue weighted by Crippen LogP contribution is -1.94. The molecule has 0 saturated heterocycles. The highest BCUT2D eigenvalue weighted by Crippen LogP contribution is 2.30. The molecule has 0 aliphatic heterocycles. The van der Waals surface area contributed by atoms with Gasteiger partial charge in [-0.25, -0.2) is 9.37 Å². The van der Waals surface area contributed by atoms with Gasteiger partial charge in [0.1, 0.15) is 11.6 Å². The number of anilines is 1. The zero-order valence-electron chi connectivity index (χ0n) is 10.4. The first-order valence-electron chi connectivity index (χ1n) is 5.85. The summed E-state index contributed by atoms with van der Waals surface area (Å²) >= 11 is 3.09. The minimum atomic E-state index is -0.523. The molecular weight excluding hydrogens is 343 g/mol. The summed E-state index contributed by atoms with van der Waals surface area (Å²) in [5, 5.41) is 10.7. The molecule has 0 spiro atoms. The summed E-state index contributed by atoms with van der Waals surface area (Å²) in [5.74, 6) is 0.0178. The number of non-ortho nitro benzene ring substituents is 1. The molecule has 0 atom stereocenters. The van der Waals surface area contributed by atoms with Crippen molar-refractivity contribution in [2.75, 3.05) is 5.73 Å². The number of rotatable bonds is 2. The third kappa shape index (κ3) is 2.33. The molecule has 1 heterocycles. The Labute approximate surface area is 126 Å². The number of hydrogen-bond donors (Lipinski definition) is 2. The van der Waals surface area contributed by atoms with Gasteiger partial charge < -0.3 is 10.7 Å². The number of hydrogen-bond acceptors (Lipinski definition) is 4. The Morgan fingerprint density at radius 3 is 2.76 bits per heavy atom. The number of nitrogen functional groups attached to an aromatic ring is 1.